The summed E-state index contributed by atoms with van der Waals surface area (Å²) < 4.78 is 26.1. The van der Waals surface area contributed by atoms with Crippen LogP contribution in [0.2, 0.25) is 5.15 Å². The van der Waals surface area contributed by atoms with Crippen molar-refractivity contribution in [2.24, 2.45) is 4.99 Å². The Bertz CT molecular complexity index is 763. The van der Waals surface area contributed by atoms with Gasteiger partial charge >= 0.3 is 0 Å². The fourth-order valence-electron chi connectivity index (χ4n) is 1.73. The molecule has 0 saturated carbocycles. The summed E-state index contributed by atoms with van der Waals surface area (Å²) >= 11 is 6.98. The number of aromatic nitrogens is 1. The monoisotopic (exact) mass is 355 g/mol. The average molecular weight is 356 g/mol. The van der Waals surface area contributed by atoms with Gasteiger partial charge in [0.2, 0.25) is 0 Å². The second-order valence-electron chi connectivity index (χ2n) is 4.50. The third kappa shape index (κ3) is 4.74. The van der Waals surface area contributed by atoms with Crippen molar-refractivity contribution in [3.05, 3.63) is 58.4 Å². The maximum Gasteiger partial charge on any atom is 0.279 e. The van der Waals surface area contributed by atoms with Crippen LogP contribution in [0.3, 0.4) is 0 Å². The van der Waals surface area contributed by atoms with E-state index in [1.54, 1.807) is 19.2 Å². The Kier molecular flexibility index (Phi) is 5.68. The molecule has 1 aromatic carbocycles. The first kappa shape index (κ1) is 17.4. The molecule has 1 heterocycles. The number of nitrogens with one attached hydrogen (secondary N) is 1. The number of amidine groups is 1. The van der Waals surface area contributed by atoms with Crippen molar-refractivity contribution in [2.45, 2.75) is 6.92 Å². The predicted octanol–water partition coefficient (Wildman–Crippen LogP) is 4.29. The Morgan fingerprint density at radius 3 is 2.61 bits per heavy atom. The molecule has 0 spiro atoms. The van der Waals surface area contributed by atoms with Crippen LogP contribution in [0.15, 0.2) is 35.3 Å². The molecular formula is C15H12ClF2N3OS. The second-order valence-corrected chi connectivity index (χ2v) is 5.68. The zero-order valence-corrected chi connectivity index (χ0v) is 13.8. The van der Waals surface area contributed by atoms with Crippen molar-refractivity contribution >= 4 is 40.1 Å². The first-order valence-corrected chi connectivity index (χ1v) is 8.02. The van der Waals surface area contributed by atoms with Crippen LogP contribution in [-0.2, 0) is 0 Å². The molecule has 0 unspecified atom stereocenters. The number of hydrogen-bond donors (Lipinski definition) is 1. The van der Waals surface area contributed by atoms with E-state index in [1.807, 2.05) is 0 Å². The third-order valence-corrected chi connectivity index (χ3v) is 3.51. The van der Waals surface area contributed by atoms with Crippen molar-refractivity contribution in [3.8, 4) is 0 Å². The fraction of sp³-hybridized carbons (Fsp3) is 0.133. The molecule has 0 aliphatic rings. The molecule has 0 aliphatic carbocycles. The number of benzene rings is 1. The minimum absolute atomic E-state index is 0.197. The smallest absolute Gasteiger partial charge is 0.279 e. The fourth-order valence-corrected chi connectivity index (χ4v) is 2.38. The van der Waals surface area contributed by atoms with Gasteiger partial charge in [-0.2, -0.15) is 4.99 Å². The number of rotatable bonds is 2. The largest absolute Gasteiger partial charge is 0.335 e. The molecule has 0 radical (unpaired) electrons. The number of carbonyl (C=O) groups is 1. The molecule has 0 fully saturated rings. The number of hydrogen-bond acceptors (Lipinski definition) is 3. The van der Waals surface area contributed by atoms with Crippen LogP contribution in [0.4, 0.5) is 14.5 Å². The van der Waals surface area contributed by atoms with Crippen molar-refractivity contribution in [1.82, 2.24) is 4.98 Å². The minimum Gasteiger partial charge on any atom is -0.335 e. The van der Waals surface area contributed by atoms with Gasteiger partial charge in [0.1, 0.15) is 5.15 Å². The Morgan fingerprint density at radius 2 is 2.00 bits per heavy atom. The maximum absolute atomic E-state index is 13.2. The van der Waals surface area contributed by atoms with E-state index in [-0.39, 0.29) is 16.0 Å². The lowest BCUT2D eigenvalue weighted by atomic mass is 10.2. The number of nitrogens with zero attached hydrogens (tertiary/aromatic N) is 2. The van der Waals surface area contributed by atoms with E-state index in [0.29, 0.717) is 11.3 Å². The van der Waals surface area contributed by atoms with Crippen molar-refractivity contribution in [1.29, 1.82) is 0 Å². The SMILES string of the molecule is CS/C(=N\C(=O)c1cc(C)nc(Cl)c1)Nc1ccc(F)c(F)c1. The minimum atomic E-state index is -0.988. The Labute approximate surface area is 141 Å². The molecular weight excluding hydrogens is 344 g/mol. The van der Waals surface area contributed by atoms with Gasteiger partial charge in [0.05, 0.1) is 0 Å². The first-order chi connectivity index (χ1) is 10.9. The standard InChI is InChI=1S/C15H12ClF2N3OS/c1-8-5-9(6-13(16)19-8)14(22)21-15(23-2)20-10-3-4-11(17)12(18)7-10/h3-7H,1-2H3,(H,20,21,22). The second kappa shape index (κ2) is 7.52. The zero-order valence-electron chi connectivity index (χ0n) is 12.2. The number of amides is 1. The van der Waals surface area contributed by atoms with E-state index < -0.39 is 17.5 Å². The quantitative estimate of drug-likeness (QED) is 0.496. The Morgan fingerprint density at radius 1 is 1.26 bits per heavy atom. The number of halogens is 3. The van der Waals surface area contributed by atoms with Gasteiger partial charge in [-0.15, -0.1) is 0 Å². The lowest BCUT2D eigenvalue weighted by Crippen LogP contribution is -2.11. The van der Waals surface area contributed by atoms with Gasteiger partial charge < -0.3 is 5.32 Å². The van der Waals surface area contributed by atoms with Crippen molar-refractivity contribution in [2.75, 3.05) is 11.6 Å². The van der Waals surface area contributed by atoms with Crippen molar-refractivity contribution < 1.29 is 13.6 Å². The molecule has 1 N–H and O–H groups in total. The lowest BCUT2D eigenvalue weighted by Gasteiger charge is -2.08. The van der Waals surface area contributed by atoms with Gasteiger partial charge in [-0.3, -0.25) is 4.79 Å². The summed E-state index contributed by atoms with van der Waals surface area (Å²) in [5.41, 5.74) is 1.17. The summed E-state index contributed by atoms with van der Waals surface area (Å²) in [6, 6.07) is 6.30. The summed E-state index contributed by atoms with van der Waals surface area (Å²) in [7, 11) is 0. The maximum atomic E-state index is 13.2. The van der Waals surface area contributed by atoms with Crippen LogP contribution >= 0.6 is 23.4 Å². The molecule has 0 aliphatic heterocycles. The van der Waals surface area contributed by atoms with E-state index >= 15 is 0 Å². The number of carbonyl (C=O) groups excluding carboxylic acids is 1. The highest BCUT2D eigenvalue weighted by Crippen LogP contribution is 2.16. The normalized spacial score (nSPS) is 11.4. The molecule has 0 bridgehead atoms. The summed E-state index contributed by atoms with van der Waals surface area (Å²) in [4.78, 5) is 20.1. The van der Waals surface area contributed by atoms with Gasteiger partial charge in [-0.1, -0.05) is 23.4 Å². The molecule has 2 rings (SSSR count). The van der Waals surface area contributed by atoms with Crippen LogP contribution in [0, 0.1) is 18.6 Å². The average Bonchev–Trinajstić information content (AvgIpc) is 2.49. The Hall–Kier alpha value is -1.99. The number of aryl methyl sites for hydroxylation is 1. The number of anilines is 1. The van der Waals surface area contributed by atoms with E-state index in [2.05, 4.69) is 15.3 Å². The predicted molar refractivity (Wildman–Crippen MR) is 89.2 cm³/mol. The van der Waals surface area contributed by atoms with E-state index in [1.165, 1.54) is 12.1 Å². The molecule has 23 heavy (non-hydrogen) atoms. The topological polar surface area (TPSA) is 54.4 Å². The van der Waals surface area contributed by atoms with Gasteiger partial charge in [0.25, 0.3) is 5.91 Å². The third-order valence-electron chi connectivity index (χ3n) is 2.74. The summed E-state index contributed by atoms with van der Waals surface area (Å²) in [5.74, 6) is -2.45. The highest BCUT2D eigenvalue weighted by Gasteiger charge is 2.10. The summed E-state index contributed by atoms with van der Waals surface area (Å²) in [5, 5.41) is 3.20. The van der Waals surface area contributed by atoms with Crippen LogP contribution in [-0.4, -0.2) is 22.3 Å². The van der Waals surface area contributed by atoms with Gasteiger partial charge in [-0.25, -0.2) is 13.8 Å². The van der Waals surface area contributed by atoms with Gasteiger partial charge in [0, 0.05) is 23.0 Å². The molecule has 0 atom stereocenters. The molecule has 0 saturated heterocycles. The summed E-state index contributed by atoms with van der Waals surface area (Å²) in [6.45, 7) is 1.71. The van der Waals surface area contributed by atoms with Gasteiger partial charge in [0.15, 0.2) is 16.8 Å². The molecule has 8 heteroatoms. The van der Waals surface area contributed by atoms with Crippen LogP contribution in [0.5, 0.6) is 0 Å². The first-order valence-electron chi connectivity index (χ1n) is 6.42. The Balaban J connectivity index is 2.23. The van der Waals surface area contributed by atoms with Gasteiger partial charge in [-0.05, 0) is 37.4 Å². The van der Waals surface area contributed by atoms with Crippen LogP contribution < -0.4 is 5.32 Å². The summed E-state index contributed by atoms with van der Waals surface area (Å²) in [6.07, 6.45) is 1.70. The molecule has 120 valence electrons. The van der Waals surface area contributed by atoms with Crippen molar-refractivity contribution in [3.63, 3.8) is 0 Å². The molecule has 1 aromatic heterocycles. The number of pyridine rings is 1. The van der Waals surface area contributed by atoms with Crippen LogP contribution in [0.25, 0.3) is 0 Å². The van der Waals surface area contributed by atoms with Crippen LogP contribution in [0.1, 0.15) is 16.1 Å². The molecule has 2 aromatic rings. The lowest BCUT2D eigenvalue weighted by molar-refractivity contribution is 0.100. The number of thioether (sulfide) groups is 1. The van der Waals surface area contributed by atoms with E-state index in [4.69, 9.17) is 11.6 Å². The highest BCUT2D eigenvalue weighted by molar-refractivity contribution is 8.13. The highest BCUT2D eigenvalue weighted by atomic mass is 35.5. The van der Waals surface area contributed by atoms with E-state index in [9.17, 15) is 13.6 Å². The van der Waals surface area contributed by atoms with E-state index in [0.717, 1.165) is 23.9 Å². The number of aliphatic imine (C=N–C) groups is 1. The molecule has 1 amide bonds. The zero-order chi connectivity index (χ0) is 17.0. The molecule has 4 nitrogen and oxygen atoms in total.